The Morgan fingerprint density at radius 1 is 1.09 bits per heavy atom. The molecular weight excluding hydrogens is 478 g/mol. The fraction of sp³-hybridized carbons (Fsp3) is 0.500. The van der Waals surface area contributed by atoms with Crippen molar-refractivity contribution >= 4 is 35.2 Å². The summed E-state index contributed by atoms with van der Waals surface area (Å²) in [5.74, 6) is 0.488. The van der Waals surface area contributed by atoms with Gasteiger partial charge in [-0.1, -0.05) is 62.3 Å². The molecule has 1 N–H and O–H groups in total. The molecule has 1 spiro atoms. The van der Waals surface area contributed by atoms with Gasteiger partial charge in [0.05, 0.1) is 0 Å². The lowest BCUT2D eigenvalue weighted by Crippen LogP contribution is -2.73. The summed E-state index contributed by atoms with van der Waals surface area (Å²) in [7, 11) is 0. The van der Waals surface area contributed by atoms with Gasteiger partial charge in [0.1, 0.15) is 11.6 Å². The molecule has 2 aliphatic rings. The highest BCUT2D eigenvalue weighted by atomic mass is 35.5. The van der Waals surface area contributed by atoms with Gasteiger partial charge in [-0.15, -0.1) is 0 Å². The van der Waals surface area contributed by atoms with Crippen LogP contribution in [0.4, 0.5) is 0 Å². The first-order valence-electron chi connectivity index (χ1n) is 12.7. The van der Waals surface area contributed by atoms with Gasteiger partial charge in [-0.05, 0) is 67.5 Å². The lowest BCUT2D eigenvalue weighted by atomic mass is 9.80. The van der Waals surface area contributed by atoms with E-state index in [0.717, 1.165) is 36.0 Å². The second kappa shape index (κ2) is 11.4. The largest absolute Gasteiger partial charge is 0.342 e. The zero-order chi connectivity index (χ0) is 25.0. The van der Waals surface area contributed by atoms with Gasteiger partial charge in [-0.25, -0.2) is 0 Å². The van der Waals surface area contributed by atoms with Crippen LogP contribution in [0.25, 0.3) is 0 Å². The predicted octanol–water partition coefficient (Wildman–Crippen LogP) is 5.61. The van der Waals surface area contributed by atoms with Crippen molar-refractivity contribution in [2.24, 2.45) is 5.92 Å². The van der Waals surface area contributed by atoms with Gasteiger partial charge in [-0.3, -0.25) is 14.5 Å². The lowest BCUT2D eigenvalue weighted by Gasteiger charge is -2.52. The average Bonchev–Trinajstić information content (AvgIpc) is 2.84. The zero-order valence-electron chi connectivity index (χ0n) is 20.9. The molecule has 0 bridgehead atoms. The fourth-order valence-electron chi connectivity index (χ4n) is 5.24. The Morgan fingerprint density at radius 3 is 2.43 bits per heavy atom. The number of rotatable bonds is 8. The Kier molecular flexibility index (Phi) is 8.46. The third-order valence-electron chi connectivity index (χ3n) is 7.05. The summed E-state index contributed by atoms with van der Waals surface area (Å²) < 4.78 is 0. The van der Waals surface area contributed by atoms with Crippen LogP contribution < -0.4 is 5.32 Å². The number of amides is 2. The van der Waals surface area contributed by atoms with Crippen LogP contribution in [0.2, 0.25) is 5.02 Å². The van der Waals surface area contributed by atoms with E-state index in [4.69, 9.17) is 11.6 Å². The highest BCUT2D eigenvalue weighted by Crippen LogP contribution is 2.36. The van der Waals surface area contributed by atoms with Crippen LogP contribution in [0.5, 0.6) is 0 Å². The molecule has 188 valence electrons. The number of carbonyl (C=O) groups is 2. The molecule has 5 nitrogen and oxygen atoms in total. The second-order valence-electron chi connectivity index (χ2n) is 10.1. The van der Waals surface area contributed by atoms with E-state index in [-0.39, 0.29) is 11.8 Å². The van der Waals surface area contributed by atoms with Crippen LogP contribution in [-0.4, -0.2) is 52.8 Å². The second-order valence-corrected chi connectivity index (χ2v) is 11.7. The Bertz CT molecular complexity index is 1030. The SMILES string of the molecule is CCCN1C(=O)C(CC(C)C)NC(=O)C12CCN(Cc1ccccc1Sc1ccc(Cl)cc1)CC2. The first-order chi connectivity index (χ1) is 16.8. The minimum Gasteiger partial charge on any atom is -0.342 e. The van der Waals surface area contributed by atoms with Crippen molar-refractivity contribution in [3.63, 3.8) is 0 Å². The van der Waals surface area contributed by atoms with Gasteiger partial charge in [-0.2, -0.15) is 0 Å². The van der Waals surface area contributed by atoms with Gasteiger partial charge in [0.25, 0.3) is 0 Å². The summed E-state index contributed by atoms with van der Waals surface area (Å²) in [5.41, 5.74) is 0.559. The maximum Gasteiger partial charge on any atom is 0.246 e. The highest BCUT2D eigenvalue weighted by molar-refractivity contribution is 7.99. The van der Waals surface area contributed by atoms with Crippen LogP contribution in [0.15, 0.2) is 58.3 Å². The minimum absolute atomic E-state index is 0.0366. The number of nitrogens with zero attached hydrogens (tertiary/aromatic N) is 2. The topological polar surface area (TPSA) is 52.7 Å². The molecule has 2 saturated heterocycles. The lowest BCUT2D eigenvalue weighted by molar-refractivity contribution is -0.161. The summed E-state index contributed by atoms with van der Waals surface area (Å²) in [6.45, 7) is 9.30. The normalized spacial score (nSPS) is 20.5. The highest BCUT2D eigenvalue weighted by Gasteiger charge is 2.53. The number of carbonyl (C=O) groups excluding carboxylic acids is 2. The molecule has 0 aromatic heterocycles. The van der Waals surface area contributed by atoms with Crippen molar-refractivity contribution in [1.29, 1.82) is 0 Å². The van der Waals surface area contributed by atoms with E-state index in [9.17, 15) is 9.59 Å². The molecule has 7 heteroatoms. The maximum atomic E-state index is 13.4. The van der Waals surface area contributed by atoms with E-state index in [0.29, 0.717) is 31.7 Å². The molecule has 1 atom stereocenters. The summed E-state index contributed by atoms with van der Waals surface area (Å²) in [4.78, 5) is 33.5. The van der Waals surface area contributed by atoms with Crippen LogP contribution in [0, 0.1) is 5.92 Å². The molecule has 4 rings (SSSR count). The number of hydrogen-bond donors (Lipinski definition) is 1. The van der Waals surface area contributed by atoms with Crippen molar-refractivity contribution in [1.82, 2.24) is 15.1 Å². The molecular formula is C28H36ClN3O2S. The summed E-state index contributed by atoms with van der Waals surface area (Å²) in [6, 6.07) is 16.0. The average molecular weight is 514 g/mol. The first-order valence-corrected chi connectivity index (χ1v) is 13.9. The molecule has 2 aromatic rings. The number of halogens is 1. The summed E-state index contributed by atoms with van der Waals surface area (Å²) >= 11 is 7.79. The molecule has 2 aromatic carbocycles. The molecule has 1 unspecified atom stereocenters. The van der Waals surface area contributed by atoms with Crippen molar-refractivity contribution in [2.75, 3.05) is 19.6 Å². The van der Waals surface area contributed by atoms with Crippen molar-refractivity contribution in [3.8, 4) is 0 Å². The van der Waals surface area contributed by atoms with Crippen LogP contribution in [-0.2, 0) is 16.1 Å². The van der Waals surface area contributed by atoms with E-state index in [1.165, 1.54) is 10.5 Å². The standard InChI is InChI=1S/C28H36ClN3O2S/c1-4-15-32-26(33)24(18-20(2)3)30-27(34)28(32)13-16-31(17-14-28)19-21-7-5-6-8-25(21)35-23-11-9-22(29)10-12-23/h5-12,20,24H,4,13-19H2,1-3H3,(H,30,34). The Hall–Kier alpha value is -2.02. The monoisotopic (exact) mass is 513 g/mol. The Labute approximate surface area is 218 Å². The third kappa shape index (κ3) is 5.87. The smallest absolute Gasteiger partial charge is 0.246 e. The molecule has 2 aliphatic heterocycles. The quantitative estimate of drug-likeness (QED) is 0.498. The van der Waals surface area contributed by atoms with Gasteiger partial charge in [0, 0.05) is 41.0 Å². The van der Waals surface area contributed by atoms with Crippen molar-refractivity contribution in [2.45, 2.75) is 74.4 Å². The van der Waals surface area contributed by atoms with Crippen LogP contribution in [0.1, 0.15) is 52.0 Å². The molecule has 2 amide bonds. The first kappa shape index (κ1) is 26.1. The van der Waals surface area contributed by atoms with Gasteiger partial charge >= 0.3 is 0 Å². The number of benzene rings is 2. The van der Waals surface area contributed by atoms with Gasteiger partial charge in [0.15, 0.2) is 0 Å². The molecule has 0 radical (unpaired) electrons. The van der Waals surface area contributed by atoms with Crippen molar-refractivity contribution < 1.29 is 9.59 Å². The molecule has 35 heavy (non-hydrogen) atoms. The molecule has 2 fully saturated rings. The maximum absolute atomic E-state index is 13.4. The Morgan fingerprint density at radius 2 is 1.77 bits per heavy atom. The van der Waals surface area contributed by atoms with Gasteiger partial charge < -0.3 is 10.2 Å². The third-order valence-corrected chi connectivity index (χ3v) is 8.43. The number of likely N-dealkylation sites (tertiary alicyclic amines) is 1. The summed E-state index contributed by atoms with van der Waals surface area (Å²) in [6.07, 6.45) is 2.89. The van der Waals surface area contributed by atoms with Crippen LogP contribution >= 0.6 is 23.4 Å². The van der Waals surface area contributed by atoms with E-state index in [2.05, 4.69) is 55.3 Å². The molecule has 0 aliphatic carbocycles. The van der Waals surface area contributed by atoms with Crippen LogP contribution in [0.3, 0.4) is 0 Å². The fourth-order valence-corrected chi connectivity index (χ4v) is 6.30. The summed E-state index contributed by atoms with van der Waals surface area (Å²) in [5, 5.41) is 3.83. The van der Waals surface area contributed by atoms with E-state index in [1.807, 2.05) is 29.2 Å². The number of piperidine rings is 1. The minimum atomic E-state index is -0.714. The van der Waals surface area contributed by atoms with E-state index in [1.54, 1.807) is 11.8 Å². The zero-order valence-corrected chi connectivity index (χ0v) is 22.5. The number of piperazine rings is 1. The van der Waals surface area contributed by atoms with E-state index >= 15 is 0 Å². The Balaban J connectivity index is 1.45. The van der Waals surface area contributed by atoms with Gasteiger partial charge in [0.2, 0.25) is 11.8 Å². The molecule has 2 heterocycles. The number of hydrogen-bond acceptors (Lipinski definition) is 4. The van der Waals surface area contributed by atoms with Crippen molar-refractivity contribution in [3.05, 3.63) is 59.1 Å². The molecule has 0 saturated carbocycles. The predicted molar refractivity (Wildman–Crippen MR) is 143 cm³/mol. The number of nitrogens with one attached hydrogen (secondary N) is 1. The van der Waals surface area contributed by atoms with E-state index < -0.39 is 11.6 Å².